The standard InChI is InChI=1S/C4H10O3S.H3O4P/c1-4-8(5,6-2)7-3;1-5(2,3)4/h4,8H,1H2,2-3H3;(H3,1,2,3,4). The molecule has 0 aromatic carbocycles. The highest BCUT2D eigenvalue weighted by atomic mass is 32.3. The predicted octanol–water partition coefficient (Wildman–Crippen LogP) is -0.659. The Morgan fingerprint density at radius 2 is 1.54 bits per heavy atom. The van der Waals surface area contributed by atoms with Gasteiger partial charge in [0.2, 0.25) is 0 Å². The Labute approximate surface area is 77.1 Å². The van der Waals surface area contributed by atoms with Crippen LogP contribution in [0.4, 0.5) is 0 Å². The zero-order valence-corrected chi connectivity index (χ0v) is 8.94. The van der Waals surface area contributed by atoms with E-state index in [4.69, 9.17) is 19.2 Å². The van der Waals surface area contributed by atoms with Crippen molar-refractivity contribution in [2.45, 2.75) is 0 Å². The Morgan fingerprint density at radius 1 is 1.31 bits per heavy atom. The van der Waals surface area contributed by atoms with Gasteiger partial charge in [0, 0.05) is 5.41 Å². The Kier molecular flexibility index (Phi) is 7.56. The topological polar surface area (TPSA) is 113 Å². The predicted molar refractivity (Wildman–Crippen MR) is 48.0 cm³/mol. The van der Waals surface area contributed by atoms with Gasteiger partial charge in [-0.1, -0.05) is 6.58 Å². The largest absolute Gasteiger partial charge is 0.466 e. The van der Waals surface area contributed by atoms with Gasteiger partial charge in [-0.3, -0.25) is 8.37 Å². The third-order valence-electron chi connectivity index (χ3n) is 0.733. The van der Waals surface area contributed by atoms with Crippen LogP contribution in [0.15, 0.2) is 12.0 Å². The van der Waals surface area contributed by atoms with Crippen molar-refractivity contribution in [2.75, 3.05) is 14.2 Å². The van der Waals surface area contributed by atoms with Crippen molar-refractivity contribution in [2.24, 2.45) is 0 Å². The molecule has 0 aromatic heterocycles. The van der Waals surface area contributed by atoms with Crippen molar-refractivity contribution in [3.05, 3.63) is 12.0 Å². The Morgan fingerprint density at radius 3 is 1.54 bits per heavy atom. The Balaban J connectivity index is 0. The molecule has 0 bridgehead atoms. The average molecular weight is 236 g/mol. The normalized spacial score (nSPS) is 12.7. The van der Waals surface area contributed by atoms with Crippen LogP contribution in [0.3, 0.4) is 0 Å². The van der Waals surface area contributed by atoms with Crippen LogP contribution in [0, 0.1) is 0 Å². The lowest BCUT2D eigenvalue weighted by molar-refractivity contribution is 0.275. The summed E-state index contributed by atoms with van der Waals surface area (Å²) in [5.74, 6) is 0. The second-order valence-corrected chi connectivity index (χ2v) is 4.80. The van der Waals surface area contributed by atoms with Crippen LogP contribution in [0.2, 0.25) is 0 Å². The molecule has 0 spiro atoms. The van der Waals surface area contributed by atoms with Crippen LogP contribution in [-0.4, -0.2) is 33.1 Å². The van der Waals surface area contributed by atoms with Crippen molar-refractivity contribution in [3.63, 3.8) is 0 Å². The molecule has 0 atom stereocenters. The first-order chi connectivity index (χ1) is 5.68. The van der Waals surface area contributed by atoms with E-state index in [0.29, 0.717) is 0 Å². The number of thiol groups is 1. The summed E-state index contributed by atoms with van der Waals surface area (Å²) in [5.41, 5.74) is 0. The van der Waals surface area contributed by atoms with Gasteiger partial charge in [-0.05, 0) is 0 Å². The van der Waals surface area contributed by atoms with Gasteiger partial charge in [0.25, 0.3) is 0 Å². The Hall–Kier alpha value is -0.0800. The first-order valence-corrected chi connectivity index (χ1v) is 5.99. The van der Waals surface area contributed by atoms with Crippen molar-refractivity contribution in [3.8, 4) is 0 Å². The summed E-state index contributed by atoms with van der Waals surface area (Å²) in [6, 6.07) is 0. The fraction of sp³-hybridized carbons (Fsp3) is 0.500. The van der Waals surface area contributed by atoms with Crippen molar-refractivity contribution in [1.82, 2.24) is 0 Å². The molecule has 0 saturated carbocycles. The molecular formula is C4H13O7PS. The van der Waals surface area contributed by atoms with E-state index < -0.39 is 18.3 Å². The SMILES string of the molecule is C=C[SH](=O)(OC)OC.O=P(O)(O)O. The van der Waals surface area contributed by atoms with Crippen molar-refractivity contribution >= 4 is 18.3 Å². The molecule has 0 saturated heterocycles. The molecule has 82 valence electrons. The molecular weight excluding hydrogens is 223 g/mol. The highest BCUT2D eigenvalue weighted by Gasteiger charge is 2.01. The maximum atomic E-state index is 10.8. The van der Waals surface area contributed by atoms with Gasteiger partial charge in [-0.25, -0.2) is 8.77 Å². The van der Waals surface area contributed by atoms with Crippen molar-refractivity contribution < 1.29 is 31.8 Å². The van der Waals surface area contributed by atoms with Crippen LogP contribution >= 0.6 is 7.82 Å². The minimum Gasteiger partial charge on any atom is -0.303 e. The van der Waals surface area contributed by atoms with Gasteiger partial charge in [0.05, 0.1) is 24.7 Å². The van der Waals surface area contributed by atoms with E-state index in [-0.39, 0.29) is 0 Å². The first-order valence-electron chi connectivity index (χ1n) is 2.81. The molecule has 7 nitrogen and oxygen atoms in total. The minimum absolute atomic E-state index is 1.16. The molecule has 0 heterocycles. The molecule has 0 radical (unpaired) electrons. The van der Waals surface area contributed by atoms with Gasteiger partial charge in [0.15, 0.2) is 0 Å². The van der Waals surface area contributed by atoms with Gasteiger partial charge >= 0.3 is 7.82 Å². The number of rotatable bonds is 3. The molecule has 0 fully saturated rings. The minimum atomic E-state index is -4.64. The summed E-state index contributed by atoms with van der Waals surface area (Å²) in [6.45, 7) is 3.26. The van der Waals surface area contributed by atoms with E-state index in [9.17, 15) is 4.21 Å². The van der Waals surface area contributed by atoms with E-state index in [2.05, 4.69) is 14.9 Å². The second-order valence-electron chi connectivity index (χ2n) is 1.60. The van der Waals surface area contributed by atoms with Gasteiger partial charge in [-0.15, -0.1) is 0 Å². The molecule has 0 amide bonds. The maximum absolute atomic E-state index is 10.8. The molecule has 0 aliphatic heterocycles. The lowest BCUT2D eigenvalue weighted by atomic mass is 11.3. The summed E-state index contributed by atoms with van der Waals surface area (Å²) in [4.78, 5) is 21.6. The van der Waals surface area contributed by atoms with E-state index in [1.807, 2.05) is 0 Å². The molecule has 3 N–H and O–H groups in total. The van der Waals surface area contributed by atoms with E-state index >= 15 is 0 Å². The molecule has 0 unspecified atom stereocenters. The Bertz CT molecular complexity index is 216. The van der Waals surface area contributed by atoms with Crippen LogP contribution in [0.5, 0.6) is 0 Å². The van der Waals surface area contributed by atoms with E-state index in [1.54, 1.807) is 0 Å². The molecule has 0 rings (SSSR count). The average Bonchev–Trinajstić information content (AvgIpc) is 2.00. The van der Waals surface area contributed by atoms with Crippen LogP contribution < -0.4 is 0 Å². The second kappa shape index (κ2) is 6.39. The molecule has 13 heavy (non-hydrogen) atoms. The van der Waals surface area contributed by atoms with E-state index in [1.165, 1.54) is 14.2 Å². The number of hydrogen-bond acceptors (Lipinski definition) is 4. The highest BCUT2D eigenvalue weighted by Crippen LogP contribution is 2.25. The summed E-state index contributed by atoms with van der Waals surface area (Å²) in [6.07, 6.45) is 0. The fourth-order valence-electron chi connectivity index (χ4n) is 0.224. The van der Waals surface area contributed by atoms with Crippen LogP contribution in [0.25, 0.3) is 0 Å². The molecule has 0 aliphatic rings. The summed E-state index contributed by atoms with van der Waals surface area (Å²) >= 11 is 0. The zero-order chi connectivity index (χ0) is 11.1. The highest BCUT2D eigenvalue weighted by molar-refractivity contribution is 7.96. The summed E-state index contributed by atoms with van der Waals surface area (Å²) < 4.78 is 28.5. The quantitative estimate of drug-likeness (QED) is 0.380. The number of hydrogen-bond donors (Lipinski definition) is 4. The van der Waals surface area contributed by atoms with Crippen molar-refractivity contribution in [1.29, 1.82) is 0 Å². The van der Waals surface area contributed by atoms with Gasteiger partial charge in [-0.2, -0.15) is 0 Å². The van der Waals surface area contributed by atoms with Crippen LogP contribution in [0.1, 0.15) is 0 Å². The molecule has 9 heteroatoms. The monoisotopic (exact) mass is 236 g/mol. The summed E-state index contributed by atoms with van der Waals surface area (Å²) in [7, 11) is -4.91. The fourth-order valence-corrected chi connectivity index (χ4v) is 0.671. The van der Waals surface area contributed by atoms with Gasteiger partial charge in [0.1, 0.15) is 0 Å². The summed E-state index contributed by atoms with van der Waals surface area (Å²) in [5, 5.41) is 1.16. The van der Waals surface area contributed by atoms with Gasteiger partial charge < -0.3 is 14.7 Å². The zero-order valence-electron chi connectivity index (χ0n) is 7.15. The third-order valence-corrected chi connectivity index (χ3v) is 2.20. The smallest absolute Gasteiger partial charge is 0.303 e. The number of phosphoric acid groups is 1. The first kappa shape index (κ1) is 15.4. The van der Waals surface area contributed by atoms with E-state index in [0.717, 1.165) is 5.41 Å². The lowest BCUT2D eigenvalue weighted by Gasteiger charge is -2.13. The maximum Gasteiger partial charge on any atom is 0.466 e. The third kappa shape index (κ3) is 14.7. The molecule has 0 aliphatic carbocycles. The lowest BCUT2D eigenvalue weighted by Crippen LogP contribution is -2.10. The van der Waals surface area contributed by atoms with Crippen LogP contribution in [-0.2, 0) is 23.4 Å². The molecule has 0 aromatic rings.